The topological polar surface area (TPSA) is 12.0 Å². The van der Waals surface area contributed by atoms with Gasteiger partial charge in [-0.2, -0.15) is 11.8 Å². The van der Waals surface area contributed by atoms with Crippen molar-refractivity contribution in [2.24, 2.45) is 0 Å². The second-order valence-electron chi connectivity index (χ2n) is 3.54. The van der Waals surface area contributed by atoms with Gasteiger partial charge in [0.2, 0.25) is 0 Å². The van der Waals surface area contributed by atoms with Gasteiger partial charge < -0.3 is 5.32 Å². The highest BCUT2D eigenvalue weighted by molar-refractivity contribution is 7.98. The van der Waals surface area contributed by atoms with E-state index >= 15 is 0 Å². The van der Waals surface area contributed by atoms with Crippen LogP contribution in [0.4, 0.5) is 0 Å². The maximum Gasteiger partial charge on any atom is 0.0159 e. The molecule has 0 amide bonds. The molecule has 13 heavy (non-hydrogen) atoms. The first-order chi connectivity index (χ1) is 6.27. The summed E-state index contributed by atoms with van der Waals surface area (Å²) in [4.78, 5) is 0. The van der Waals surface area contributed by atoms with Crippen LogP contribution in [-0.2, 0) is 0 Å². The molecule has 0 aromatic heterocycles. The van der Waals surface area contributed by atoms with E-state index in [0.29, 0.717) is 0 Å². The molecule has 0 saturated heterocycles. The molecule has 0 atom stereocenters. The van der Waals surface area contributed by atoms with Gasteiger partial charge in [-0.3, -0.25) is 0 Å². The lowest BCUT2D eigenvalue weighted by atomic mass is 10.2. The molecule has 0 aliphatic heterocycles. The highest BCUT2D eigenvalue weighted by Gasteiger charge is 1.90. The first-order valence-electron chi connectivity index (χ1n) is 5.11. The molecule has 0 fully saturated rings. The highest BCUT2D eigenvalue weighted by atomic mass is 32.2. The molecule has 0 spiro atoms. The van der Waals surface area contributed by atoms with E-state index in [0.717, 1.165) is 13.1 Å². The number of unbranched alkanes of at least 4 members (excludes halogenated alkanes) is 3. The van der Waals surface area contributed by atoms with Crippen LogP contribution >= 0.6 is 11.8 Å². The fourth-order valence-electron chi connectivity index (χ4n) is 1.15. The molecule has 78 valence electrons. The number of hydrogen-bond acceptors (Lipinski definition) is 2. The average Bonchev–Trinajstić information content (AvgIpc) is 2.09. The summed E-state index contributed by atoms with van der Waals surface area (Å²) >= 11 is 1.95. The standard InChI is InChI=1S/C11H23NS/c1-11(2)10-12-8-6-4-5-7-9-13-3/h12H,1,4-10H2,2-3H3. The van der Waals surface area contributed by atoms with Crippen LogP contribution in [0.2, 0.25) is 0 Å². The summed E-state index contributed by atoms with van der Waals surface area (Å²) in [7, 11) is 0. The van der Waals surface area contributed by atoms with Gasteiger partial charge in [-0.1, -0.05) is 25.0 Å². The summed E-state index contributed by atoms with van der Waals surface area (Å²) in [6.07, 6.45) is 7.61. The Balaban J connectivity index is 2.87. The molecule has 0 saturated carbocycles. The van der Waals surface area contributed by atoms with Crippen molar-refractivity contribution in [1.82, 2.24) is 5.32 Å². The third kappa shape index (κ3) is 12.1. The summed E-state index contributed by atoms with van der Waals surface area (Å²) in [6, 6.07) is 0. The number of hydrogen-bond donors (Lipinski definition) is 1. The molecule has 2 heteroatoms. The second-order valence-corrected chi connectivity index (χ2v) is 4.53. The Morgan fingerprint density at radius 1 is 1.23 bits per heavy atom. The maximum absolute atomic E-state index is 3.85. The zero-order chi connectivity index (χ0) is 9.94. The Morgan fingerprint density at radius 2 is 1.92 bits per heavy atom. The molecule has 0 aliphatic carbocycles. The largest absolute Gasteiger partial charge is 0.313 e. The summed E-state index contributed by atoms with van der Waals surface area (Å²) in [6.45, 7) is 8.03. The molecule has 0 aliphatic rings. The fraction of sp³-hybridized carbons (Fsp3) is 0.818. The second kappa shape index (κ2) is 10.1. The van der Waals surface area contributed by atoms with Crippen molar-refractivity contribution in [1.29, 1.82) is 0 Å². The summed E-state index contributed by atoms with van der Waals surface area (Å²) < 4.78 is 0. The first kappa shape index (κ1) is 13.1. The lowest BCUT2D eigenvalue weighted by molar-refractivity contribution is 0.617. The van der Waals surface area contributed by atoms with Crippen LogP contribution < -0.4 is 5.32 Å². The van der Waals surface area contributed by atoms with Gasteiger partial charge in [0.15, 0.2) is 0 Å². The average molecular weight is 201 g/mol. The van der Waals surface area contributed by atoms with Crippen LogP contribution in [0.3, 0.4) is 0 Å². The van der Waals surface area contributed by atoms with Crippen LogP contribution in [0, 0.1) is 0 Å². The molecule has 0 heterocycles. The van der Waals surface area contributed by atoms with E-state index in [2.05, 4.69) is 25.1 Å². The smallest absolute Gasteiger partial charge is 0.0159 e. The van der Waals surface area contributed by atoms with Gasteiger partial charge in [-0.05, 0) is 38.3 Å². The van der Waals surface area contributed by atoms with E-state index < -0.39 is 0 Å². The molecular weight excluding hydrogens is 178 g/mol. The van der Waals surface area contributed by atoms with Gasteiger partial charge in [0.25, 0.3) is 0 Å². The van der Waals surface area contributed by atoms with Crippen molar-refractivity contribution in [3.05, 3.63) is 12.2 Å². The number of rotatable bonds is 9. The van der Waals surface area contributed by atoms with Crippen molar-refractivity contribution < 1.29 is 0 Å². The summed E-state index contributed by atoms with van der Waals surface area (Å²) in [5.74, 6) is 1.32. The Labute approximate surface area is 87.4 Å². The Bertz CT molecular complexity index is 123. The molecular formula is C11H23NS. The summed E-state index contributed by atoms with van der Waals surface area (Å²) in [5.41, 5.74) is 1.22. The predicted octanol–water partition coefficient (Wildman–Crippen LogP) is 3.08. The third-order valence-electron chi connectivity index (χ3n) is 1.88. The lowest BCUT2D eigenvalue weighted by Crippen LogP contribution is -2.16. The van der Waals surface area contributed by atoms with E-state index in [1.165, 1.54) is 37.0 Å². The van der Waals surface area contributed by atoms with E-state index in [1.54, 1.807) is 0 Å². The van der Waals surface area contributed by atoms with E-state index in [4.69, 9.17) is 0 Å². The van der Waals surface area contributed by atoms with Crippen molar-refractivity contribution >= 4 is 11.8 Å². The van der Waals surface area contributed by atoms with Crippen LogP contribution in [0.25, 0.3) is 0 Å². The molecule has 0 bridgehead atoms. The van der Waals surface area contributed by atoms with Gasteiger partial charge >= 0.3 is 0 Å². The Morgan fingerprint density at radius 3 is 2.54 bits per heavy atom. The molecule has 0 rings (SSSR count). The van der Waals surface area contributed by atoms with Crippen LogP contribution in [-0.4, -0.2) is 25.1 Å². The van der Waals surface area contributed by atoms with E-state index in [-0.39, 0.29) is 0 Å². The Hall–Kier alpha value is 0.0500. The van der Waals surface area contributed by atoms with Crippen molar-refractivity contribution in [3.8, 4) is 0 Å². The van der Waals surface area contributed by atoms with Gasteiger partial charge in [0, 0.05) is 6.54 Å². The third-order valence-corrected chi connectivity index (χ3v) is 2.58. The number of nitrogens with one attached hydrogen (secondary N) is 1. The fourth-order valence-corrected chi connectivity index (χ4v) is 1.64. The molecule has 0 aromatic carbocycles. The zero-order valence-corrected chi connectivity index (χ0v) is 9.88. The van der Waals surface area contributed by atoms with E-state index in [9.17, 15) is 0 Å². The summed E-state index contributed by atoms with van der Waals surface area (Å²) in [5, 5.41) is 3.37. The Kier molecular flexibility index (Phi) is 10.2. The normalized spacial score (nSPS) is 10.3. The molecule has 1 N–H and O–H groups in total. The van der Waals surface area contributed by atoms with E-state index in [1.807, 2.05) is 11.8 Å². The SMILES string of the molecule is C=C(C)CNCCCCCCSC. The van der Waals surface area contributed by atoms with Crippen LogP contribution in [0.1, 0.15) is 32.6 Å². The van der Waals surface area contributed by atoms with Crippen LogP contribution in [0.15, 0.2) is 12.2 Å². The van der Waals surface area contributed by atoms with Crippen molar-refractivity contribution in [2.45, 2.75) is 32.6 Å². The number of thioether (sulfide) groups is 1. The monoisotopic (exact) mass is 201 g/mol. The maximum atomic E-state index is 3.85. The minimum Gasteiger partial charge on any atom is -0.313 e. The van der Waals surface area contributed by atoms with Gasteiger partial charge in [0.05, 0.1) is 0 Å². The van der Waals surface area contributed by atoms with Gasteiger partial charge in [0.1, 0.15) is 0 Å². The first-order valence-corrected chi connectivity index (χ1v) is 6.50. The van der Waals surface area contributed by atoms with Crippen LogP contribution in [0.5, 0.6) is 0 Å². The highest BCUT2D eigenvalue weighted by Crippen LogP contribution is 2.03. The van der Waals surface area contributed by atoms with Gasteiger partial charge in [-0.25, -0.2) is 0 Å². The molecule has 0 unspecified atom stereocenters. The van der Waals surface area contributed by atoms with Crippen molar-refractivity contribution in [3.63, 3.8) is 0 Å². The predicted molar refractivity (Wildman–Crippen MR) is 64.5 cm³/mol. The van der Waals surface area contributed by atoms with Gasteiger partial charge in [-0.15, -0.1) is 0 Å². The minimum atomic E-state index is 0.977. The van der Waals surface area contributed by atoms with Crippen molar-refractivity contribution in [2.75, 3.05) is 25.1 Å². The molecule has 0 aromatic rings. The quantitative estimate of drug-likeness (QED) is 0.454. The lowest BCUT2D eigenvalue weighted by Gasteiger charge is -2.03. The molecule has 0 radical (unpaired) electrons. The minimum absolute atomic E-state index is 0.977. The molecule has 1 nitrogen and oxygen atoms in total. The zero-order valence-electron chi connectivity index (χ0n) is 9.07.